The van der Waals surface area contributed by atoms with Crippen LogP contribution in [0.25, 0.3) is 56.1 Å². The van der Waals surface area contributed by atoms with Crippen LogP contribution in [-0.2, 0) is 37.3 Å². The van der Waals surface area contributed by atoms with E-state index in [1.165, 1.54) is 16.7 Å². The first-order valence-electron chi connectivity index (χ1n) is 16.0. The summed E-state index contributed by atoms with van der Waals surface area (Å²) in [6, 6.07) is 32.5. The Balaban J connectivity index is 0.00000433. The van der Waals surface area contributed by atoms with Crippen LogP contribution in [0, 0.1) is 6.07 Å². The molecule has 0 atom stereocenters. The average Bonchev–Trinajstić information content (AvgIpc) is 3.44. The number of nitrogens with zero attached hydrogens (tertiary/aromatic N) is 2. The van der Waals surface area contributed by atoms with E-state index < -0.39 is 0 Å². The van der Waals surface area contributed by atoms with E-state index in [9.17, 15) is 5.11 Å². The van der Waals surface area contributed by atoms with Gasteiger partial charge in [0.05, 0.1) is 11.1 Å². The third-order valence-corrected chi connectivity index (χ3v) is 8.61. The second kappa shape index (κ2) is 12.5. The SMILES string of the molecule is CC(C)(C)c1cc(-c2cc(-c3cc(C(C)(C)C)ccn3)[c-]c(-c3cccc4oc(-c5ccccc5O)nc34)c2)cc(C(C)(C)C)c1.[Pt]. The summed E-state index contributed by atoms with van der Waals surface area (Å²) in [5, 5.41) is 10.5. The Morgan fingerprint density at radius 2 is 1.21 bits per heavy atom. The Labute approximate surface area is 293 Å². The molecule has 244 valence electrons. The summed E-state index contributed by atoms with van der Waals surface area (Å²) >= 11 is 0. The average molecular weight is 803 g/mol. The fraction of sp³-hybridized carbons (Fsp3) is 0.286. The fourth-order valence-electron chi connectivity index (χ4n) is 5.66. The second-order valence-corrected chi connectivity index (χ2v) is 15.4. The summed E-state index contributed by atoms with van der Waals surface area (Å²) in [6.45, 7) is 20.3. The van der Waals surface area contributed by atoms with Gasteiger partial charge in [0.1, 0.15) is 11.3 Å². The molecule has 4 aromatic carbocycles. The molecule has 0 aliphatic carbocycles. The Hall–Kier alpha value is -4.01. The van der Waals surface area contributed by atoms with Crippen molar-refractivity contribution in [3.63, 3.8) is 0 Å². The van der Waals surface area contributed by atoms with Crippen molar-refractivity contribution >= 4 is 11.1 Å². The number of para-hydroxylation sites is 2. The van der Waals surface area contributed by atoms with Crippen LogP contribution in [-0.4, -0.2) is 15.1 Å². The molecular formula is C42H43N2O2Pt-. The number of hydrogen-bond donors (Lipinski definition) is 1. The Morgan fingerprint density at radius 3 is 1.85 bits per heavy atom. The van der Waals surface area contributed by atoms with E-state index in [0.717, 1.165) is 39.0 Å². The molecule has 4 nitrogen and oxygen atoms in total. The third kappa shape index (κ3) is 7.14. The predicted octanol–water partition coefficient (Wildman–Crippen LogP) is 11.3. The van der Waals surface area contributed by atoms with Crippen molar-refractivity contribution < 1.29 is 30.6 Å². The van der Waals surface area contributed by atoms with Gasteiger partial charge in [-0.1, -0.05) is 128 Å². The summed E-state index contributed by atoms with van der Waals surface area (Å²) in [4.78, 5) is 9.73. The largest absolute Gasteiger partial charge is 0.507 e. The first-order valence-corrected chi connectivity index (χ1v) is 16.0. The zero-order valence-corrected chi connectivity index (χ0v) is 31.0. The first-order chi connectivity index (χ1) is 21.6. The van der Waals surface area contributed by atoms with Gasteiger partial charge in [-0.05, 0) is 62.8 Å². The predicted molar refractivity (Wildman–Crippen MR) is 190 cm³/mol. The van der Waals surface area contributed by atoms with Crippen molar-refractivity contribution in [2.24, 2.45) is 0 Å². The van der Waals surface area contributed by atoms with Gasteiger partial charge < -0.3 is 9.52 Å². The molecule has 2 heterocycles. The minimum atomic E-state index is -0.0213. The molecule has 0 spiro atoms. The van der Waals surface area contributed by atoms with E-state index in [1.54, 1.807) is 12.1 Å². The van der Waals surface area contributed by atoms with E-state index in [0.29, 0.717) is 17.0 Å². The second-order valence-electron chi connectivity index (χ2n) is 15.4. The summed E-state index contributed by atoms with van der Waals surface area (Å²) in [5.41, 5.74) is 11.5. The topological polar surface area (TPSA) is 59.2 Å². The van der Waals surface area contributed by atoms with Crippen LogP contribution in [0.2, 0.25) is 0 Å². The van der Waals surface area contributed by atoms with Crippen molar-refractivity contribution in [2.45, 2.75) is 78.6 Å². The van der Waals surface area contributed by atoms with Crippen molar-refractivity contribution in [3.05, 3.63) is 114 Å². The van der Waals surface area contributed by atoms with E-state index in [-0.39, 0.29) is 43.1 Å². The molecule has 6 rings (SSSR count). The monoisotopic (exact) mass is 802 g/mol. The summed E-state index contributed by atoms with van der Waals surface area (Å²) in [7, 11) is 0. The van der Waals surface area contributed by atoms with Crippen molar-refractivity contribution in [2.75, 3.05) is 0 Å². The maximum Gasteiger partial charge on any atom is 0.230 e. The number of aromatic hydroxyl groups is 1. The summed E-state index contributed by atoms with van der Waals surface area (Å²) < 4.78 is 6.19. The number of hydrogen-bond acceptors (Lipinski definition) is 4. The van der Waals surface area contributed by atoms with Crippen LogP contribution in [0.1, 0.15) is 79.0 Å². The van der Waals surface area contributed by atoms with E-state index >= 15 is 0 Å². The molecule has 0 unspecified atom stereocenters. The quantitative estimate of drug-likeness (QED) is 0.180. The Morgan fingerprint density at radius 1 is 0.617 bits per heavy atom. The van der Waals surface area contributed by atoms with Crippen LogP contribution in [0.5, 0.6) is 5.75 Å². The van der Waals surface area contributed by atoms with Gasteiger partial charge in [-0.3, -0.25) is 4.98 Å². The molecule has 0 aliphatic heterocycles. The number of phenolic OH excluding ortho intramolecular Hbond substituents is 1. The normalized spacial score (nSPS) is 12.3. The number of pyridine rings is 1. The molecule has 0 radical (unpaired) electrons. The van der Waals surface area contributed by atoms with E-state index in [4.69, 9.17) is 14.4 Å². The Bertz CT molecular complexity index is 2040. The number of oxazole rings is 1. The van der Waals surface area contributed by atoms with Crippen LogP contribution in [0.3, 0.4) is 0 Å². The zero-order chi connectivity index (χ0) is 33.0. The van der Waals surface area contributed by atoms with Crippen LogP contribution >= 0.6 is 0 Å². The van der Waals surface area contributed by atoms with Gasteiger partial charge in [0.25, 0.3) is 0 Å². The molecule has 0 saturated carbocycles. The molecular weight excluding hydrogens is 760 g/mol. The van der Waals surface area contributed by atoms with Gasteiger partial charge in [0, 0.05) is 33.0 Å². The van der Waals surface area contributed by atoms with Crippen molar-refractivity contribution in [1.29, 1.82) is 0 Å². The minimum Gasteiger partial charge on any atom is -0.507 e. The zero-order valence-electron chi connectivity index (χ0n) is 28.7. The number of aromatic nitrogens is 2. The summed E-state index contributed by atoms with van der Waals surface area (Å²) in [6.07, 6.45) is 1.89. The standard InChI is InChI=1S/C42H43N2O2.Pt/c1-40(2,3)30-17-18-43-35(25-30)29-20-26(27-22-31(41(4,5)6)24-32(23-27)42(7,8)9)19-28(21-29)33-14-12-16-37-38(33)44-39(46-37)34-13-10-11-15-36(34)45;/h10-20,22-25,45H,1-9H3;/q-1;. The number of phenols is 1. The number of benzene rings is 4. The molecule has 2 aromatic heterocycles. The minimum absolute atomic E-state index is 0. The van der Waals surface area contributed by atoms with Gasteiger partial charge in [-0.25, -0.2) is 4.98 Å². The molecule has 0 aliphatic rings. The first kappa shape index (κ1) is 34.3. The van der Waals surface area contributed by atoms with Crippen LogP contribution < -0.4 is 0 Å². The molecule has 0 bridgehead atoms. The third-order valence-electron chi connectivity index (χ3n) is 8.61. The molecule has 0 fully saturated rings. The van der Waals surface area contributed by atoms with Gasteiger partial charge in [0.2, 0.25) is 5.89 Å². The van der Waals surface area contributed by atoms with Crippen LogP contribution in [0.4, 0.5) is 0 Å². The van der Waals surface area contributed by atoms with Crippen molar-refractivity contribution in [3.8, 4) is 50.7 Å². The molecule has 6 aromatic rings. The fourth-order valence-corrected chi connectivity index (χ4v) is 5.66. The number of fused-ring (bicyclic) bond motifs is 1. The maximum absolute atomic E-state index is 10.5. The van der Waals surface area contributed by atoms with E-state index in [2.05, 4.69) is 117 Å². The maximum atomic E-state index is 10.5. The molecule has 0 saturated heterocycles. The molecule has 1 N–H and O–H groups in total. The molecule has 0 amide bonds. The van der Waals surface area contributed by atoms with Gasteiger partial charge in [0.15, 0.2) is 0 Å². The molecule has 5 heteroatoms. The van der Waals surface area contributed by atoms with Gasteiger partial charge >= 0.3 is 0 Å². The summed E-state index contributed by atoms with van der Waals surface area (Å²) in [5.74, 6) is 0.508. The van der Waals surface area contributed by atoms with Gasteiger partial charge in [-0.2, -0.15) is 0 Å². The van der Waals surface area contributed by atoms with Crippen LogP contribution in [0.15, 0.2) is 95.5 Å². The Kier molecular flexibility index (Phi) is 9.16. The number of rotatable bonds is 4. The van der Waals surface area contributed by atoms with Gasteiger partial charge in [-0.15, -0.1) is 23.8 Å². The molecule has 47 heavy (non-hydrogen) atoms. The van der Waals surface area contributed by atoms with E-state index in [1.807, 2.05) is 30.5 Å². The smallest absolute Gasteiger partial charge is 0.230 e. The van der Waals surface area contributed by atoms with Crippen molar-refractivity contribution in [1.82, 2.24) is 9.97 Å².